The lowest BCUT2D eigenvalue weighted by atomic mass is 9.87. The van der Waals surface area contributed by atoms with E-state index in [1.807, 2.05) is 24.3 Å². The van der Waals surface area contributed by atoms with Gasteiger partial charge >= 0.3 is 0 Å². The zero-order valence-electron chi connectivity index (χ0n) is 16.5. The number of hydrogen-bond donors (Lipinski definition) is 1. The van der Waals surface area contributed by atoms with Gasteiger partial charge in [0.05, 0.1) is 12.3 Å². The van der Waals surface area contributed by atoms with E-state index in [4.69, 9.17) is 16.6 Å². The van der Waals surface area contributed by atoms with Crippen molar-refractivity contribution >= 4 is 17.7 Å². The first-order chi connectivity index (χ1) is 12.4. The van der Waals surface area contributed by atoms with Crippen LogP contribution < -0.4 is 0 Å². The Bertz CT molecular complexity index is 761. The first kappa shape index (κ1) is 20.7. The first-order valence-electron chi connectivity index (χ1n) is 9.50. The smallest absolute Gasteiger partial charge is 0.0706 e. The molecule has 0 spiro atoms. The molecule has 1 heterocycles. The summed E-state index contributed by atoms with van der Waals surface area (Å²) in [5.74, 6) is 0.543. The Kier molecular flexibility index (Phi) is 7.43. The molecular weight excluding hydrogens is 342 g/mol. The summed E-state index contributed by atoms with van der Waals surface area (Å²) in [7, 11) is 0. The summed E-state index contributed by atoms with van der Waals surface area (Å²) in [5, 5.41) is 10.9. The van der Waals surface area contributed by atoms with Crippen molar-refractivity contribution in [3.63, 3.8) is 0 Å². The highest BCUT2D eigenvalue weighted by Gasteiger charge is 2.22. The standard InChI is InChI=1S/C23H30ClNO/c1-6-7-8-9-19-21(17-10-12-18(24)13-11-17)20(14-26)23(16(4)5)25-22(19)15(2)3/h8-13,15-16,26H,6-7,14H2,1-5H3. The maximum atomic E-state index is 10.2. The van der Waals surface area contributed by atoms with Crippen molar-refractivity contribution in [1.82, 2.24) is 4.98 Å². The van der Waals surface area contributed by atoms with Gasteiger partial charge in [0.2, 0.25) is 0 Å². The molecule has 140 valence electrons. The molecule has 1 N–H and O–H groups in total. The Hall–Kier alpha value is -1.64. The zero-order valence-corrected chi connectivity index (χ0v) is 17.3. The summed E-state index contributed by atoms with van der Waals surface area (Å²) < 4.78 is 0. The van der Waals surface area contributed by atoms with Gasteiger partial charge in [-0.3, -0.25) is 4.98 Å². The second-order valence-corrected chi connectivity index (χ2v) is 7.75. The number of aliphatic hydroxyl groups excluding tert-OH is 1. The van der Waals surface area contributed by atoms with Crippen LogP contribution in [0.15, 0.2) is 30.3 Å². The van der Waals surface area contributed by atoms with Crippen LogP contribution in [0.25, 0.3) is 17.2 Å². The molecule has 0 aliphatic carbocycles. The highest BCUT2D eigenvalue weighted by molar-refractivity contribution is 6.30. The van der Waals surface area contributed by atoms with Crippen molar-refractivity contribution in [2.75, 3.05) is 0 Å². The summed E-state index contributed by atoms with van der Waals surface area (Å²) in [6.45, 7) is 10.8. The first-order valence-corrected chi connectivity index (χ1v) is 9.88. The van der Waals surface area contributed by atoms with E-state index >= 15 is 0 Å². The Morgan fingerprint density at radius 3 is 2.15 bits per heavy atom. The van der Waals surface area contributed by atoms with E-state index in [1.165, 1.54) is 0 Å². The van der Waals surface area contributed by atoms with E-state index in [1.54, 1.807) is 0 Å². The van der Waals surface area contributed by atoms with Gasteiger partial charge in [0, 0.05) is 21.8 Å². The third-order valence-corrected chi connectivity index (χ3v) is 4.77. The highest BCUT2D eigenvalue weighted by atomic mass is 35.5. The monoisotopic (exact) mass is 371 g/mol. The third kappa shape index (κ3) is 4.55. The Balaban J connectivity index is 2.86. The van der Waals surface area contributed by atoms with Crippen LogP contribution in [-0.4, -0.2) is 10.1 Å². The molecule has 2 nitrogen and oxygen atoms in total. The van der Waals surface area contributed by atoms with E-state index in [0.29, 0.717) is 10.9 Å². The molecule has 0 fully saturated rings. The van der Waals surface area contributed by atoms with Crippen LogP contribution in [0.3, 0.4) is 0 Å². The van der Waals surface area contributed by atoms with Crippen molar-refractivity contribution < 1.29 is 5.11 Å². The van der Waals surface area contributed by atoms with E-state index < -0.39 is 0 Å². The normalized spacial score (nSPS) is 11.9. The fourth-order valence-corrected chi connectivity index (χ4v) is 3.36. The van der Waals surface area contributed by atoms with Gasteiger partial charge in [0.25, 0.3) is 0 Å². The summed E-state index contributed by atoms with van der Waals surface area (Å²) >= 11 is 6.10. The van der Waals surface area contributed by atoms with Crippen LogP contribution in [-0.2, 0) is 6.61 Å². The molecule has 0 saturated heterocycles. The molecular formula is C23H30ClNO. The van der Waals surface area contributed by atoms with Crippen LogP contribution in [0.1, 0.15) is 81.8 Å². The summed E-state index contributed by atoms with van der Waals surface area (Å²) in [6, 6.07) is 7.87. The van der Waals surface area contributed by atoms with Gasteiger partial charge in [-0.2, -0.15) is 0 Å². The largest absolute Gasteiger partial charge is 0.392 e. The van der Waals surface area contributed by atoms with Crippen molar-refractivity contribution in [2.45, 2.75) is 65.9 Å². The maximum absolute atomic E-state index is 10.2. The second-order valence-electron chi connectivity index (χ2n) is 7.31. The number of pyridine rings is 1. The van der Waals surface area contributed by atoms with Crippen molar-refractivity contribution in [2.24, 2.45) is 0 Å². The number of halogens is 1. The van der Waals surface area contributed by atoms with E-state index in [2.05, 4.69) is 46.8 Å². The predicted octanol–water partition coefficient (Wildman–Crippen LogP) is 6.95. The highest BCUT2D eigenvalue weighted by Crippen LogP contribution is 2.37. The minimum atomic E-state index is -0.0224. The fourth-order valence-electron chi connectivity index (χ4n) is 3.24. The molecule has 0 unspecified atom stereocenters. The Labute approximate surface area is 162 Å². The maximum Gasteiger partial charge on any atom is 0.0706 e. The molecule has 1 aromatic heterocycles. The summed E-state index contributed by atoms with van der Waals surface area (Å²) in [6.07, 6.45) is 6.52. The number of aliphatic hydroxyl groups is 1. The van der Waals surface area contributed by atoms with Gasteiger partial charge in [-0.1, -0.05) is 76.9 Å². The van der Waals surface area contributed by atoms with Crippen LogP contribution in [0.4, 0.5) is 0 Å². The lowest BCUT2D eigenvalue weighted by Gasteiger charge is -2.23. The van der Waals surface area contributed by atoms with Crippen molar-refractivity contribution in [3.05, 3.63) is 57.9 Å². The molecule has 0 aliphatic rings. The predicted molar refractivity (Wildman–Crippen MR) is 113 cm³/mol. The number of nitrogens with zero attached hydrogens (tertiary/aromatic N) is 1. The molecule has 0 saturated carbocycles. The van der Waals surface area contributed by atoms with Crippen molar-refractivity contribution in [1.29, 1.82) is 0 Å². The van der Waals surface area contributed by atoms with E-state index in [0.717, 1.165) is 46.5 Å². The SMILES string of the molecule is CCCC=Cc1c(C(C)C)nc(C(C)C)c(CO)c1-c1ccc(Cl)cc1. The van der Waals surface area contributed by atoms with Crippen LogP contribution in [0.5, 0.6) is 0 Å². The Morgan fingerprint density at radius 1 is 1.04 bits per heavy atom. The van der Waals surface area contributed by atoms with Gasteiger partial charge < -0.3 is 5.11 Å². The lowest BCUT2D eigenvalue weighted by Crippen LogP contribution is -2.10. The van der Waals surface area contributed by atoms with Gasteiger partial charge in [0.15, 0.2) is 0 Å². The summed E-state index contributed by atoms with van der Waals surface area (Å²) in [5.41, 5.74) is 6.25. The van der Waals surface area contributed by atoms with E-state index in [9.17, 15) is 5.11 Å². The minimum Gasteiger partial charge on any atom is -0.392 e. The zero-order chi connectivity index (χ0) is 19.3. The quantitative estimate of drug-likeness (QED) is 0.570. The summed E-state index contributed by atoms with van der Waals surface area (Å²) in [4.78, 5) is 4.99. The Morgan fingerprint density at radius 2 is 1.65 bits per heavy atom. The van der Waals surface area contributed by atoms with Crippen LogP contribution >= 0.6 is 11.6 Å². The van der Waals surface area contributed by atoms with Crippen LogP contribution in [0, 0.1) is 0 Å². The second kappa shape index (κ2) is 9.34. The number of hydrogen-bond acceptors (Lipinski definition) is 2. The number of allylic oxidation sites excluding steroid dienone is 1. The van der Waals surface area contributed by atoms with Crippen LogP contribution in [0.2, 0.25) is 5.02 Å². The molecule has 0 amide bonds. The molecule has 0 bridgehead atoms. The third-order valence-electron chi connectivity index (χ3n) is 4.52. The van der Waals surface area contributed by atoms with Gasteiger partial charge in [-0.15, -0.1) is 0 Å². The average Bonchev–Trinajstić information content (AvgIpc) is 2.61. The number of aromatic nitrogens is 1. The molecule has 2 rings (SSSR count). The average molecular weight is 372 g/mol. The minimum absolute atomic E-state index is 0.0224. The molecule has 3 heteroatoms. The molecule has 26 heavy (non-hydrogen) atoms. The van der Waals surface area contributed by atoms with Gasteiger partial charge in [0.1, 0.15) is 0 Å². The molecule has 0 radical (unpaired) electrons. The fraction of sp³-hybridized carbons (Fsp3) is 0.435. The van der Waals surface area contributed by atoms with Crippen molar-refractivity contribution in [3.8, 4) is 11.1 Å². The van der Waals surface area contributed by atoms with Gasteiger partial charge in [-0.25, -0.2) is 0 Å². The topological polar surface area (TPSA) is 33.1 Å². The molecule has 0 aliphatic heterocycles. The molecule has 2 aromatic rings. The number of rotatable bonds is 7. The number of unbranched alkanes of at least 4 members (excludes halogenated alkanes) is 1. The number of benzene rings is 1. The molecule has 0 atom stereocenters. The lowest BCUT2D eigenvalue weighted by molar-refractivity contribution is 0.280. The van der Waals surface area contributed by atoms with E-state index in [-0.39, 0.29) is 12.5 Å². The van der Waals surface area contributed by atoms with Gasteiger partial charge in [-0.05, 0) is 41.5 Å². The molecule has 1 aromatic carbocycles.